The highest BCUT2D eigenvalue weighted by Gasteiger charge is 2.61. The molecule has 6 atom stereocenters. The van der Waals surface area contributed by atoms with Crippen molar-refractivity contribution < 1.29 is 35.9 Å². The third-order valence-corrected chi connectivity index (χ3v) is 12.8. The van der Waals surface area contributed by atoms with Crippen LogP contribution in [0.2, 0.25) is 0 Å². The van der Waals surface area contributed by atoms with Crippen LogP contribution in [0.3, 0.4) is 0 Å². The number of hydrogen-bond acceptors (Lipinski definition) is 10. The first-order chi connectivity index (χ1) is 21.9. The van der Waals surface area contributed by atoms with E-state index >= 15 is 0 Å². The number of carbonyl (C=O) groups excluding carboxylic acids is 2. The van der Waals surface area contributed by atoms with Crippen molar-refractivity contribution in [2.24, 2.45) is 10.8 Å². The number of nitriles is 2. The van der Waals surface area contributed by atoms with Gasteiger partial charge in [-0.1, -0.05) is 84.9 Å². The van der Waals surface area contributed by atoms with E-state index in [0.717, 1.165) is 14.2 Å². The third kappa shape index (κ3) is 5.46. The van der Waals surface area contributed by atoms with E-state index in [1.165, 1.54) is 24.3 Å². The van der Waals surface area contributed by atoms with Crippen LogP contribution in [0, 0.1) is 33.5 Å². The van der Waals surface area contributed by atoms with Crippen molar-refractivity contribution in [1.29, 1.82) is 10.5 Å². The topological polar surface area (TPSA) is 168 Å². The lowest BCUT2D eigenvalue weighted by molar-refractivity contribution is -0.152. The molecule has 10 nitrogen and oxygen atoms in total. The zero-order valence-electron chi connectivity index (χ0n) is 25.2. The van der Waals surface area contributed by atoms with Gasteiger partial charge in [-0.2, -0.15) is 10.5 Å². The van der Waals surface area contributed by atoms with E-state index < -0.39 is 89.1 Å². The number of rotatable bonds is 6. The van der Waals surface area contributed by atoms with Gasteiger partial charge in [0.15, 0.2) is 30.5 Å². The molecule has 2 aliphatic rings. The molecule has 0 radical (unpaired) electrons. The summed E-state index contributed by atoms with van der Waals surface area (Å²) in [7, 11) is -5.23. The van der Waals surface area contributed by atoms with Gasteiger partial charge in [0.2, 0.25) is 0 Å². The average Bonchev–Trinajstić information content (AvgIpc) is 3.07. The maximum Gasteiger partial charge on any atom is 0.327 e. The normalized spacial score (nSPS) is 29.7. The molecule has 3 aromatic rings. The van der Waals surface area contributed by atoms with Gasteiger partial charge in [-0.15, -0.1) is 0 Å². The molecule has 0 aliphatic carbocycles. The lowest BCUT2D eigenvalue weighted by Crippen LogP contribution is -2.51. The summed E-state index contributed by atoms with van der Waals surface area (Å²) in [5.74, 6) is -7.96. The summed E-state index contributed by atoms with van der Waals surface area (Å²) in [6.45, 7) is 0. The van der Waals surface area contributed by atoms with Crippen molar-refractivity contribution in [2.75, 3.05) is 37.2 Å². The number of methoxy groups -OCH3 is 2. The lowest BCUT2D eigenvalue weighted by Gasteiger charge is -2.43. The van der Waals surface area contributed by atoms with E-state index in [4.69, 9.17) is 9.47 Å². The highest BCUT2D eigenvalue weighted by atomic mass is 32.2. The van der Waals surface area contributed by atoms with Gasteiger partial charge in [0.25, 0.3) is 0 Å². The van der Waals surface area contributed by atoms with E-state index in [1.54, 1.807) is 60.7 Å². The van der Waals surface area contributed by atoms with Crippen molar-refractivity contribution in [3.05, 3.63) is 107 Å². The summed E-state index contributed by atoms with van der Waals surface area (Å²) in [5.41, 5.74) is -2.15. The summed E-state index contributed by atoms with van der Waals surface area (Å²) in [4.78, 5) is 27.0. The third-order valence-electron chi connectivity index (χ3n) is 9.44. The number of sulfone groups is 2. The molecule has 0 aromatic heterocycles. The maximum absolute atomic E-state index is 13.5. The molecule has 0 amide bonds. The van der Waals surface area contributed by atoms with E-state index in [0.29, 0.717) is 22.3 Å². The smallest absolute Gasteiger partial charge is 0.327 e. The highest BCUT2D eigenvalue weighted by Crippen LogP contribution is 2.54. The molecule has 46 heavy (non-hydrogen) atoms. The predicted octanol–water partition coefficient (Wildman–Crippen LogP) is 3.64. The van der Waals surface area contributed by atoms with Gasteiger partial charge in [0.1, 0.15) is 0 Å². The minimum absolute atomic E-state index is 0.332. The van der Waals surface area contributed by atoms with Crippen LogP contribution in [0.25, 0.3) is 0 Å². The van der Waals surface area contributed by atoms with Crippen LogP contribution in [0.4, 0.5) is 0 Å². The number of carbonyl (C=O) groups is 2. The van der Waals surface area contributed by atoms with Crippen LogP contribution >= 0.6 is 0 Å². The Hall–Kier alpha value is -4.52. The zero-order valence-corrected chi connectivity index (χ0v) is 26.8. The number of esters is 2. The predicted molar refractivity (Wildman–Crippen MR) is 168 cm³/mol. The Morgan fingerprint density at radius 1 is 0.565 bits per heavy atom. The van der Waals surface area contributed by atoms with Gasteiger partial charge in [-0.3, -0.25) is 9.59 Å². The number of ether oxygens (including phenoxy) is 2. The Balaban J connectivity index is 1.66. The lowest BCUT2D eigenvalue weighted by atomic mass is 9.62. The van der Waals surface area contributed by atoms with Crippen LogP contribution in [0.1, 0.15) is 45.9 Å². The van der Waals surface area contributed by atoms with Crippen LogP contribution in [0.15, 0.2) is 84.9 Å². The molecule has 0 saturated carbocycles. The fourth-order valence-corrected chi connectivity index (χ4v) is 11.4. The molecule has 0 spiro atoms. The van der Waals surface area contributed by atoms with Crippen molar-refractivity contribution in [3.8, 4) is 12.1 Å². The largest absolute Gasteiger partial charge is 0.468 e. The monoisotopic (exact) mass is 660 g/mol. The summed E-state index contributed by atoms with van der Waals surface area (Å²) in [5, 5.41) is 21.2. The Bertz CT molecular complexity index is 1790. The Morgan fingerprint density at radius 2 is 0.826 bits per heavy atom. The second-order valence-corrected chi connectivity index (χ2v) is 16.1. The van der Waals surface area contributed by atoms with Gasteiger partial charge in [0.05, 0.1) is 49.4 Å². The van der Waals surface area contributed by atoms with Crippen LogP contribution in [-0.2, 0) is 38.7 Å². The number of benzene rings is 3. The SMILES string of the molecule is COC(=O)C1(C#N)C(c2ccccc2)CS(=O)(=O)CC1c1ccc(C2CS(=O)(=O)CC(c3ccccc3)C2(C#N)C(=O)OC)cc1. The average molecular weight is 661 g/mol. The van der Waals surface area contributed by atoms with E-state index in [-0.39, 0.29) is 0 Å². The first-order valence-corrected chi connectivity index (χ1v) is 18.1. The van der Waals surface area contributed by atoms with E-state index in [9.17, 15) is 36.9 Å². The molecule has 2 aliphatic heterocycles. The van der Waals surface area contributed by atoms with Crippen molar-refractivity contribution in [3.63, 3.8) is 0 Å². The molecule has 2 heterocycles. The first kappa shape index (κ1) is 32.9. The van der Waals surface area contributed by atoms with Gasteiger partial charge < -0.3 is 9.47 Å². The quantitative estimate of drug-likeness (QED) is 0.356. The highest BCUT2D eigenvalue weighted by molar-refractivity contribution is 7.91. The van der Waals surface area contributed by atoms with Gasteiger partial charge in [-0.05, 0) is 22.3 Å². The van der Waals surface area contributed by atoms with E-state index in [2.05, 4.69) is 12.1 Å². The molecule has 3 aromatic carbocycles. The van der Waals surface area contributed by atoms with E-state index in [1.807, 2.05) is 0 Å². The summed E-state index contributed by atoms with van der Waals surface area (Å²) >= 11 is 0. The van der Waals surface area contributed by atoms with Gasteiger partial charge in [-0.25, -0.2) is 16.8 Å². The summed E-state index contributed by atoms with van der Waals surface area (Å²) in [6.07, 6.45) is 0. The molecular formula is C34H32N2O8S2. The Labute approximate surface area is 268 Å². The molecule has 0 bridgehead atoms. The molecule has 6 unspecified atom stereocenters. The summed E-state index contributed by atoms with van der Waals surface area (Å²) in [6, 6.07) is 27.3. The molecular weight excluding hydrogens is 629 g/mol. The molecule has 2 fully saturated rings. The Kier molecular flexibility index (Phi) is 8.82. The summed E-state index contributed by atoms with van der Waals surface area (Å²) < 4.78 is 63.5. The second-order valence-electron chi connectivity index (χ2n) is 11.8. The minimum Gasteiger partial charge on any atom is -0.468 e. The van der Waals surface area contributed by atoms with Crippen LogP contribution in [0.5, 0.6) is 0 Å². The van der Waals surface area contributed by atoms with Crippen LogP contribution < -0.4 is 0 Å². The fraction of sp³-hybridized carbons (Fsp3) is 0.353. The Morgan fingerprint density at radius 3 is 1.07 bits per heavy atom. The van der Waals surface area contributed by atoms with Crippen molar-refractivity contribution in [1.82, 2.24) is 0 Å². The van der Waals surface area contributed by atoms with Crippen molar-refractivity contribution in [2.45, 2.75) is 23.7 Å². The standard InChI is InChI=1S/C34H32N2O8S2/c1-43-31(37)33(21-35)27(23-9-5-3-6-10-23)17-45(39,40)19-29(33)25-13-15-26(16-14-25)30-20-46(41,42)18-28(24-11-7-4-8-12-24)34(30,22-36)32(38)44-2/h3-16,27-30H,17-20H2,1-2H3. The maximum atomic E-state index is 13.5. The molecule has 0 N–H and O–H groups in total. The molecule has 5 rings (SSSR count). The molecule has 12 heteroatoms. The van der Waals surface area contributed by atoms with Crippen molar-refractivity contribution >= 4 is 31.6 Å². The molecule has 2 saturated heterocycles. The van der Waals surface area contributed by atoms with Gasteiger partial charge >= 0.3 is 11.9 Å². The fourth-order valence-electron chi connectivity index (χ4n) is 7.24. The molecule has 238 valence electrons. The van der Waals surface area contributed by atoms with Crippen LogP contribution in [-0.4, -0.2) is 66.0 Å². The first-order valence-electron chi connectivity index (χ1n) is 14.5. The minimum atomic E-state index is -3.76. The number of nitrogens with zero attached hydrogens (tertiary/aromatic N) is 2. The second kappa shape index (κ2) is 12.3. The zero-order chi connectivity index (χ0) is 33.3. The van der Waals surface area contributed by atoms with Gasteiger partial charge in [0, 0.05) is 23.7 Å². The number of hydrogen-bond donors (Lipinski definition) is 0.